The van der Waals surface area contributed by atoms with Gasteiger partial charge in [0, 0.05) is 12.1 Å². The van der Waals surface area contributed by atoms with Gasteiger partial charge >= 0.3 is 6.09 Å². The summed E-state index contributed by atoms with van der Waals surface area (Å²) in [6, 6.07) is -0.353. The van der Waals surface area contributed by atoms with Gasteiger partial charge in [-0.1, -0.05) is 0 Å². The molecule has 1 aliphatic heterocycles. The van der Waals surface area contributed by atoms with Gasteiger partial charge in [-0.3, -0.25) is 9.69 Å². The van der Waals surface area contributed by atoms with Crippen molar-refractivity contribution in [2.45, 2.75) is 19.4 Å². The van der Waals surface area contributed by atoms with Crippen molar-refractivity contribution in [3.8, 4) is 0 Å². The summed E-state index contributed by atoms with van der Waals surface area (Å²) in [6.07, 6.45) is 0.758. The molecule has 2 rings (SSSR count). The van der Waals surface area contributed by atoms with E-state index in [1.807, 2.05) is 0 Å². The Hall–Kier alpha value is -1.85. The van der Waals surface area contributed by atoms with Crippen LogP contribution in [0.1, 0.15) is 24.2 Å². The van der Waals surface area contributed by atoms with E-state index in [2.05, 4.69) is 9.97 Å². The number of hydrogen-bond donors (Lipinski definition) is 2. The van der Waals surface area contributed by atoms with Gasteiger partial charge < -0.3 is 10.1 Å². The maximum atomic E-state index is 11.4. The van der Waals surface area contributed by atoms with Crippen molar-refractivity contribution < 1.29 is 9.90 Å². The van der Waals surface area contributed by atoms with E-state index in [9.17, 15) is 9.59 Å². The molecule has 0 unspecified atom stereocenters. The Balaban J connectivity index is 2.47. The number of carbonyl (C=O) groups is 1. The van der Waals surface area contributed by atoms with Crippen LogP contribution in [0.15, 0.2) is 11.1 Å². The Labute approximate surface area is 85.6 Å². The summed E-state index contributed by atoms with van der Waals surface area (Å²) in [6.45, 7) is 2.08. The van der Waals surface area contributed by atoms with Gasteiger partial charge in [-0.15, -0.1) is 0 Å². The molecule has 0 fully saturated rings. The first-order valence-electron chi connectivity index (χ1n) is 4.67. The van der Waals surface area contributed by atoms with Gasteiger partial charge in [0.05, 0.1) is 18.1 Å². The number of H-pyrrole nitrogens is 1. The topological polar surface area (TPSA) is 86.3 Å². The summed E-state index contributed by atoms with van der Waals surface area (Å²) in [5.41, 5.74) is 0.992. The standard InChI is InChI=1S/C9H11N3O3/c1-5-7-6(8(13)11-4-10-7)2-3-12(5)9(14)15/h4-5H,2-3H2,1H3,(H,14,15)(H,10,11,13)/t5-/m1/s1. The first-order chi connectivity index (χ1) is 7.11. The minimum absolute atomic E-state index is 0.170. The zero-order valence-electron chi connectivity index (χ0n) is 8.23. The number of nitrogens with one attached hydrogen (secondary N) is 1. The van der Waals surface area contributed by atoms with E-state index < -0.39 is 6.09 Å². The van der Waals surface area contributed by atoms with Crippen LogP contribution in [0.5, 0.6) is 0 Å². The summed E-state index contributed by atoms with van der Waals surface area (Å²) in [4.78, 5) is 30.1. The first-order valence-corrected chi connectivity index (χ1v) is 4.67. The second-order valence-corrected chi connectivity index (χ2v) is 3.50. The number of amides is 1. The van der Waals surface area contributed by atoms with Crippen molar-refractivity contribution in [2.24, 2.45) is 0 Å². The van der Waals surface area contributed by atoms with Gasteiger partial charge in [-0.05, 0) is 13.3 Å². The van der Waals surface area contributed by atoms with E-state index in [1.54, 1.807) is 6.92 Å². The lowest BCUT2D eigenvalue weighted by Crippen LogP contribution is -2.40. The van der Waals surface area contributed by atoms with Crippen LogP contribution < -0.4 is 5.56 Å². The van der Waals surface area contributed by atoms with Crippen molar-refractivity contribution in [1.82, 2.24) is 14.9 Å². The van der Waals surface area contributed by atoms with Gasteiger partial charge in [0.25, 0.3) is 5.56 Å². The van der Waals surface area contributed by atoms with E-state index in [0.29, 0.717) is 24.2 Å². The maximum absolute atomic E-state index is 11.4. The second kappa shape index (κ2) is 3.38. The summed E-state index contributed by atoms with van der Waals surface area (Å²) in [7, 11) is 0. The van der Waals surface area contributed by atoms with Crippen molar-refractivity contribution in [3.63, 3.8) is 0 Å². The first kappa shape index (κ1) is 9.70. The number of aromatic nitrogens is 2. The molecule has 0 saturated heterocycles. The summed E-state index contributed by atoms with van der Waals surface area (Å²) in [5.74, 6) is 0. The van der Waals surface area contributed by atoms with E-state index in [4.69, 9.17) is 5.11 Å². The fraction of sp³-hybridized carbons (Fsp3) is 0.444. The Morgan fingerprint density at radius 1 is 1.73 bits per heavy atom. The molecule has 2 N–H and O–H groups in total. The molecular weight excluding hydrogens is 198 g/mol. The lowest BCUT2D eigenvalue weighted by atomic mass is 10.0. The van der Waals surface area contributed by atoms with Crippen LogP contribution in [0, 0.1) is 0 Å². The number of aromatic amines is 1. The molecule has 1 atom stereocenters. The predicted octanol–water partition coefficient (Wildman–Crippen LogP) is 0.367. The highest BCUT2D eigenvalue weighted by Gasteiger charge is 2.29. The van der Waals surface area contributed by atoms with Crippen LogP contribution >= 0.6 is 0 Å². The molecule has 1 aliphatic rings. The molecule has 15 heavy (non-hydrogen) atoms. The van der Waals surface area contributed by atoms with Crippen molar-refractivity contribution in [3.05, 3.63) is 27.9 Å². The van der Waals surface area contributed by atoms with Crippen LogP contribution in [-0.4, -0.2) is 32.6 Å². The van der Waals surface area contributed by atoms with Crippen molar-refractivity contribution in [2.75, 3.05) is 6.54 Å². The van der Waals surface area contributed by atoms with Crippen LogP contribution in [0.2, 0.25) is 0 Å². The largest absolute Gasteiger partial charge is 0.465 e. The van der Waals surface area contributed by atoms with Crippen LogP contribution in [-0.2, 0) is 6.42 Å². The smallest absolute Gasteiger partial charge is 0.407 e. The van der Waals surface area contributed by atoms with Gasteiger partial charge in [0.15, 0.2) is 0 Å². The molecule has 0 saturated carbocycles. The molecule has 0 bridgehead atoms. The minimum Gasteiger partial charge on any atom is -0.465 e. The average molecular weight is 209 g/mol. The number of hydrogen-bond acceptors (Lipinski definition) is 3. The third-order valence-corrected chi connectivity index (χ3v) is 2.69. The molecule has 0 spiro atoms. The molecule has 6 heteroatoms. The Morgan fingerprint density at radius 3 is 3.13 bits per heavy atom. The lowest BCUT2D eigenvalue weighted by molar-refractivity contribution is 0.123. The van der Waals surface area contributed by atoms with Gasteiger partial charge in [-0.2, -0.15) is 0 Å². The quantitative estimate of drug-likeness (QED) is 0.646. The Morgan fingerprint density at radius 2 is 2.47 bits per heavy atom. The highest BCUT2D eigenvalue weighted by Crippen LogP contribution is 2.24. The highest BCUT2D eigenvalue weighted by atomic mass is 16.4. The highest BCUT2D eigenvalue weighted by molar-refractivity contribution is 5.66. The fourth-order valence-corrected chi connectivity index (χ4v) is 1.88. The summed E-state index contributed by atoms with van der Waals surface area (Å²) < 4.78 is 0. The van der Waals surface area contributed by atoms with E-state index in [0.717, 1.165) is 0 Å². The molecular formula is C9H11N3O3. The van der Waals surface area contributed by atoms with Gasteiger partial charge in [0.2, 0.25) is 0 Å². The third kappa shape index (κ3) is 1.47. The third-order valence-electron chi connectivity index (χ3n) is 2.69. The molecule has 1 aromatic rings. The van der Waals surface area contributed by atoms with Crippen LogP contribution in [0.25, 0.3) is 0 Å². The van der Waals surface area contributed by atoms with Gasteiger partial charge in [-0.25, -0.2) is 9.78 Å². The molecule has 2 heterocycles. The summed E-state index contributed by atoms with van der Waals surface area (Å²) >= 11 is 0. The van der Waals surface area contributed by atoms with Gasteiger partial charge in [0.1, 0.15) is 0 Å². The summed E-state index contributed by atoms with van der Waals surface area (Å²) in [5, 5.41) is 8.92. The molecule has 1 amide bonds. The monoisotopic (exact) mass is 209 g/mol. The average Bonchev–Trinajstić information content (AvgIpc) is 2.19. The zero-order chi connectivity index (χ0) is 11.0. The SMILES string of the molecule is C[C@@H]1c2nc[nH]c(=O)c2CCN1C(=O)O. The van der Waals surface area contributed by atoms with E-state index >= 15 is 0 Å². The number of carboxylic acid groups (broad SMARTS) is 1. The second-order valence-electron chi connectivity index (χ2n) is 3.50. The zero-order valence-corrected chi connectivity index (χ0v) is 8.23. The van der Waals surface area contributed by atoms with Crippen LogP contribution in [0.3, 0.4) is 0 Å². The molecule has 6 nitrogen and oxygen atoms in total. The molecule has 0 radical (unpaired) electrons. The normalized spacial score (nSPS) is 19.8. The minimum atomic E-state index is -0.977. The van der Waals surface area contributed by atoms with E-state index in [-0.39, 0.29) is 11.6 Å². The number of rotatable bonds is 0. The fourth-order valence-electron chi connectivity index (χ4n) is 1.88. The Kier molecular flexibility index (Phi) is 2.18. The Bertz CT molecular complexity index is 454. The lowest BCUT2D eigenvalue weighted by Gasteiger charge is -2.31. The predicted molar refractivity (Wildman–Crippen MR) is 51.7 cm³/mol. The molecule has 0 aromatic carbocycles. The maximum Gasteiger partial charge on any atom is 0.407 e. The van der Waals surface area contributed by atoms with Crippen molar-refractivity contribution >= 4 is 6.09 Å². The molecule has 80 valence electrons. The number of nitrogens with zero attached hydrogens (tertiary/aromatic N) is 2. The van der Waals surface area contributed by atoms with E-state index in [1.165, 1.54) is 11.2 Å². The molecule has 0 aliphatic carbocycles. The van der Waals surface area contributed by atoms with Crippen LogP contribution in [0.4, 0.5) is 4.79 Å². The molecule has 1 aromatic heterocycles. The van der Waals surface area contributed by atoms with Crippen molar-refractivity contribution in [1.29, 1.82) is 0 Å². The number of fused-ring (bicyclic) bond motifs is 1.